The first-order valence-corrected chi connectivity index (χ1v) is 7.99. The van der Waals surface area contributed by atoms with Crippen LogP contribution in [0.15, 0.2) is 42.5 Å². The van der Waals surface area contributed by atoms with Crippen molar-refractivity contribution in [2.24, 2.45) is 5.92 Å². The zero-order chi connectivity index (χ0) is 15.5. The van der Waals surface area contributed by atoms with Gasteiger partial charge in [0.05, 0.1) is 18.8 Å². The number of hydrogen-bond acceptors (Lipinski definition) is 3. The SMILES string of the molecule is CO[C@@H]1[C@H](O)[C@H](CCc2ccc3ccccc3c2)OC[C@@H]1C. The molecule has 0 radical (unpaired) electrons. The lowest BCUT2D eigenvalue weighted by Gasteiger charge is -2.38. The maximum Gasteiger partial charge on any atom is 0.107 e. The van der Waals surface area contributed by atoms with Crippen molar-refractivity contribution in [3.05, 3.63) is 48.0 Å². The van der Waals surface area contributed by atoms with Crippen LogP contribution in [0, 0.1) is 5.92 Å². The molecule has 0 bridgehead atoms. The average Bonchev–Trinajstić information content (AvgIpc) is 2.54. The van der Waals surface area contributed by atoms with Gasteiger partial charge in [-0.05, 0) is 29.2 Å². The van der Waals surface area contributed by atoms with Crippen LogP contribution in [0.25, 0.3) is 10.8 Å². The van der Waals surface area contributed by atoms with Gasteiger partial charge in [-0.3, -0.25) is 0 Å². The third-order valence-electron chi connectivity index (χ3n) is 4.66. The molecule has 3 rings (SSSR count). The van der Waals surface area contributed by atoms with Gasteiger partial charge in [-0.2, -0.15) is 0 Å². The van der Waals surface area contributed by atoms with E-state index < -0.39 is 6.10 Å². The van der Waals surface area contributed by atoms with Crippen molar-refractivity contribution in [2.75, 3.05) is 13.7 Å². The minimum Gasteiger partial charge on any atom is -0.388 e. The molecule has 1 fully saturated rings. The first-order chi connectivity index (χ1) is 10.7. The van der Waals surface area contributed by atoms with E-state index in [1.54, 1.807) is 7.11 Å². The van der Waals surface area contributed by atoms with E-state index in [1.165, 1.54) is 16.3 Å². The van der Waals surface area contributed by atoms with E-state index in [9.17, 15) is 5.11 Å². The van der Waals surface area contributed by atoms with Gasteiger partial charge in [0.2, 0.25) is 0 Å². The summed E-state index contributed by atoms with van der Waals surface area (Å²) in [7, 11) is 1.66. The molecule has 1 N–H and O–H groups in total. The first kappa shape index (κ1) is 15.5. The molecular weight excluding hydrogens is 276 g/mol. The minimum absolute atomic E-state index is 0.129. The van der Waals surface area contributed by atoms with Gasteiger partial charge >= 0.3 is 0 Å². The Kier molecular flexibility index (Phi) is 4.77. The molecule has 3 heteroatoms. The average molecular weight is 300 g/mol. The molecule has 118 valence electrons. The zero-order valence-corrected chi connectivity index (χ0v) is 13.2. The van der Waals surface area contributed by atoms with E-state index in [0.717, 1.165) is 12.8 Å². The van der Waals surface area contributed by atoms with Crippen molar-refractivity contribution in [3.63, 3.8) is 0 Å². The van der Waals surface area contributed by atoms with E-state index >= 15 is 0 Å². The van der Waals surface area contributed by atoms with E-state index in [-0.39, 0.29) is 18.1 Å². The highest BCUT2D eigenvalue weighted by atomic mass is 16.5. The fourth-order valence-electron chi connectivity index (χ4n) is 3.35. The molecular formula is C19H24O3. The van der Waals surface area contributed by atoms with Gasteiger partial charge in [0.1, 0.15) is 6.10 Å². The Balaban J connectivity index is 1.66. The van der Waals surface area contributed by atoms with Crippen LogP contribution in [0.4, 0.5) is 0 Å². The van der Waals surface area contributed by atoms with Crippen molar-refractivity contribution in [1.82, 2.24) is 0 Å². The second-order valence-corrected chi connectivity index (χ2v) is 6.26. The van der Waals surface area contributed by atoms with Crippen LogP contribution in [0.2, 0.25) is 0 Å². The van der Waals surface area contributed by atoms with E-state index in [0.29, 0.717) is 6.61 Å². The standard InChI is InChI=1S/C19H24O3/c1-13-12-22-17(18(20)19(13)21-2)10-8-14-7-9-15-5-3-4-6-16(15)11-14/h3-7,9,11,13,17-20H,8,10,12H2,1-2H3/t13-,17-,18+,19-/m0/s1. The predicted octanol–water partition coefficient (Wildman–Crippen LogP) is 3.18. The van der Waals surface area contributed by atoms with Crippen LogP contribution in [-0.2, 0) is 15.9 Å². The summed E-state index contributed by atoms with van der Waals surface area (Å²) >= 11 is 0. The highest BCUT2D eigenvalue weighted by molar-refractivity contribution is 5.82. The smallest absolute Gasteiger partial charge is 0.107 e. The minimum atomic E-state index is -0.547. The largest absolute Gasteiger partial charge is 0.388 e. The third kappa shape index (κ3) is 3.17. The monoisotopic (exact) mass is 300 g/mol. The molecule has 1 heterocycles. The lowest BCUT2D eigenvalue weighted by atomic mass is 9.90. The Morgan fingerprint density at radius 2 is 1.95 bits per heavy atom. The summed E-state index contributed by atoms with van der Waals surface area (Å²) < 4.78 is 11.2. The van der Waals surface area contributed by atoms with Gasteiger partial charge in [-0.15, -0.1) is 0 Å². The van der Waals surface area contributed by atoms with Crippen LogP contribution in [0.3, 0.4) is 0 Å². The summed E-state index contributed by atoms with van der Waals surface area (Å²) in [4.78, 5) is 0. The Labute approximate surface area is 131 Å². The zero-order valence-electron chi connectivity index (χ0n) is 13.2. The summed E-state index contributed by atoms with van der Waals surface area (Å²) in [6, 6.07) is 14.9. The molecule has 0 aromatic heterocycles. The molecule has 22 heavy (non-hydrogen) atoms. The number of fused-ring (bicyclic) bond motifs is 1. The highest BCUT2D eigenvalue weighted by Crippen LogP contribution is 2.26. The predicted molar refractivity (Wildman–Crippen MR) is 88.0 cm³/mol. The van der Waals surface area contributed by atoms with Gasteiger partial charge in [0, 0.05) is 13.0 Å². The number of hydrogen-bond donors (Lipinski definition) is 1. The summed E-state index contributed by atoms with van der Waals surface area (Å²) in [5, 5.41) is 12.9. The van der Waals surface area contributed by atoms with Crippen molar-refractivity contribution in [3.8, 4) is 0 Å². The van der Waals surface area contributed by atoms with Gasteiger partial charge < -0.3 is 14.6 Å². The van der Waals surface area contributed by atoms with Crippen LogP contribution in [-0.4, -0.2) is 37.1 Å². The topological polar surface area (TPSA) is 38.7 Å². The van der Waals surface area contributed by atoms with E-state index in [2.05, 4.69) is 49.4 Å². The Hall–Kier alpha value is -1.42. The number of rotatable bonds is 4. The molecule has 0 amide bonds. The number of aliphatic hydroxyl groups is 1. The van der Waals surface area contributed by atoms with Gasteiger partial charge in [-0.25, -0.2) is 0 Å². The maximum absolute atomic E-state index is 10.4. The molecule has 1 aliphatic heterocycles. The van der Waals surface area contributed by atoms with Crippen LogP contribution in [0.5, 0.6) is 0 Å². The molecule has 2 aromatic carbocycles. The fraction of sp³-hybridized carbons (Fsp3) is 0.474. The van der Waals surface area contributed by atoms with E-state index in [4.69, 9.17) is 9.47 Å². The normalized spacial score (nSPS) is 28.9. The molecule has 0 saturated carbocycles. The van der Waals surface area contributed by atoms with Crippen LogP contribution in [0.1, 0.15) is 18.9 Å². The van der Waals surface area contributed by atoms with Gasteiger partial charge in [0.25, 0.3) is 0 Å². The van der Waals surface area contributed by atoms with Crippen LogP contribution >= 0.6 is 0 Å². The highest BCUT2D eigenvalue weighted by Gasteiger charge is 2.37. The lowest BCUT2D eigenvalue weighted by molar-refractivity contribution is -0.171. The number of aryl methyl sites for hydroxylation is 1. The number of methoxy groups -OCH3 is 1. The lowest BCUT2D eigenvalue weighted by Crippen LogP contribution is -2.50. The molecule has 1 saturated heterocycles. The first-order valence-electron chi connectivity index (χ1n) is 7.99. The summed E-state index contributed by atoms with van der Waals surface area (Å²) in [5.74, 6) is 0.233. The van der Waals surface area contributed by atoms with Gasteiger partial charge in [-0.1, -0.05) is 49.4 Å². The Morgan fingerprint density at radius 3 is 2.73 bits per heavy atom. The number of ether oxygens (including phenoxy) is 2. The second kappa shape index (κ2) is 6.78. The summed E-state index contributed by atoms with van der Waals surface area (Å²) in [6.07, 6.45) is 0.890. The van der Waals surface area contributed by atoms with Gasteiger partial charge in [0.15, 0.2) is 0 Å². The van der Waals surface area contributed by atoms with Crippen molar-refractivity contribution in [1.29, 1.82) is 0 Å². The van der Waals surface area contributed by atoms with Crippen molar-refractivity contribution >= 4 is 10.8 Å². The maximum atomic E-state index is 10.4. The summed E-state index contributed by atoms with van der Waals surface area (Å²) in [6.45, 7) is 2.70. The van der Waals surface area contributed by atoms with Crippen molar-refractivity contribution in [2.45, 2.75) is 38.1 Å². The fourth-order valence-corrected chi connectivity index (χ4v) is 3.35. The molecule has 2 aromatic rings. The molecule has 1 aliphatic rings. The Bertz CT molecular complexity index is 625. The van der Waals surface area contributed by atoms with Crippen LogP contribution < -0.4 is 0 Å². The summed E-state index contributed by atoms with van der Waals surface area (Å²) in [5.41, 5.74) is 1.28. The van der Waals surface area contributed by atoms with E-state index in [1.807, 2.05) is 0 Å². The quantitative estimate of drug-likeness (QED) is 0.942. The third-order valence-corrected chi connectivity index (χ3v) is 4.66. The molecule has 0 spiro atoms. The molecule has 3 nitrogen and oxygen atoms in total. The van der Waals surface area contributed by atoms with Crippen molar-refractivity contribution < 1.29 is 14.6 Å². The number of benzene rings is 2. The second-order valence-electron chi connectivity index (χ2n) is 6.26. The molecule has 0 unspecified atom stereocenters. The molecule has 0 aliphatic carbocycles. The number of aliphatic hydroxyl groups excluding tert-OH is 1. The Morgan fingerprint density at radius 1 is 1.18 bits per heavy atom. The molecule has 4 atom stereocenters.